The molecule has 0 unspecified atom stereocenters. The third-order valence-corrected chi connectivity index (χ3v) is 4.96. The largest absolute Gasteiger partial charge is 0.390 e. The van der Waals surface area contributed by atoms with Crippen molar-refractivity contribution in [3.63, 3.8) is 0 Å². The number of para-hydroxylation sites is 1. The summed E-state index contributed by atoms with van der Waals surface area (Å²) < 4.78 is 5.34. The monoisotopic (exact) mass is 347 g/mol. The molecule has 0 spiro atoms. The van der Waals surface area contributed by atoms with E-state index in [9.17, 15) is 9.90 Å². The van der Waals surface area contributed by atoms with Crippen LogP contribution in [0.1, 0.15) is 12.8 Å². The highest BCUT2D eigenvalue weighted by molar-refractivity contribution is 5.92. The van der Waals surface area contributed by atoms with Crippen LogP contribution in [0.4, 0.5) is 5.69 Å². The highest BCUT2D eigenvalue weighted by atomic mass is 16.5. The molecule has 25 heavy (non-hydrogen) atoms. The molecule has 2 aliphatic heterocycles. The van der Waals surface area contributed by atoms with Crippen molar-refractivity contribution < 1.29 is 14.6 Å². The van der Waals surface area contributed by atoms with Crippen molar-refractivity contribution in [3.05, 3.63) is 30.3 Å². The van der Waals surface area contributed by atoms with Crippen LogP contribution in [0.25, 0.3) is 0 Å². The number of anilines is 1. The molecule has 2 atom stereocenters. The van der Waals surface area contributed by atoms with Gasteiger partial charge in [-0.15, -0.1) is 0 Å². The quantitative estimate of drug-likeness (QED) is 0.805. The molecule has 2 saturated heterocycles. The third-order valence-electron chi connectivity index (χ3n) is 4.96. The highest BCUT2D eigenvalue weighted by Gasteiger charge is 2.27. The van der Waals surface area contributed by atoms with E-state index < -0.39 is 0 Å². The SMILES string of the molecule is O=C(Nc1ccccc1)[C@@H]1CCCN(C[C@H](O)CN2CCOCC2)C1. The van der Waals surface area contributed by atoms with Crippen molar-refractivity contribution in [2.75, 3.05) is 57.8 Å². The van der Waals surface area contributed by atoms with Gasteiger partial charge in [0.1, 0.15) is 0 Å². The van der Waals surface area contributed by atoms with Gasteiger partial charge in [0.15, 0.2) is 0 Å². The van der Waals surface area contributed by atoms with E-state index in [0.717, 1.165) is 57.9 Å². The topological polar surface area (TPSA) is 65.0 Å². The summed E-state index contributed by atoms with van der Waals surface area (Å²) in [7, 11) is 0. The zero-order valence-electron chi connectivity index (χ0n) is 14.8. The first kappa shape index (κ1) is 18.3. The molecular formula is C19H29N3O3. The Morgan fingerprint density at radius 3 is 2.64 bits per heavy atom. The van der Waals surface area contributed by atoms with Gasteiger partial charge in [-0.2, -0.15) is 0 Å². The number of carbonyl (C=O) groups is 1. The van der Waals surface area contributed by atoms with Gasteiger partial charge in [-0.1, -0.05) is 18.2 Å². The van der Waals surface area contributed by atoms with E-state index in [1.807, 2.05) is 30.3 Å². The second-order valence-electron chi connectivity index (χ2n) is 7.02. The lowest BCUT2D eigenvalue weighted by Crippen LogP contribution is -2.47. The fraction of sp³-hybridized carbons (Fsp3) is 0.632. The second-order valence-corrected chi connectivity index (χ2v) is 7.02. The van der Waals surface area contributed by atoms with Gasteiger partial charge >= 0.3 is 0 Å². The Hall–Kier alpha value is -1.47. The van der Waals surface area contributed by atoms with Gasteiger partial charge in [0.2, 0.25) is 5.91 Å². The molecule has 0 bridgehead atoms. The fourth-order valence-corrected chi connectivity index (χ4v) is 3.64. The van der Waals surface area contributed by atoms with E-state index in [0.29, 0.717) is 13.1 Å². The number of nitrogens with zero attached hydrogens (tertiary/aromatic N) is 2. The van der Waals surface area contributed by atoms with Crippen molar-refractivity contribution in [1.29, 1.82) is 0 Å². The molecule has 1 amide bonds. The summed E-state index contributed by atoms with van der Waals surface area (Å²) in [4.78, 5) is 17.0. The van der Waals surface area contributed by atoms with Gasteiger partial charge in [-0.3, -0.25) is 14.6 Å². The Labute approximate surface area is 149 Å². The number of hydrogen-bond acceptors (Lipinski definition) is 5. The molecule has 2 fully saturated rings. The molecule has 0 radical (unpaired) electrons. The Balaban J connectivity index is 1.44. The Morgan fingerprint density at radius 2 is 1.88 bits per heavy atom. The maximum Gasteiger partial charge on any atom is 0.228 e. The van der Waals surface area contributed by atoms with Crippen LogP contribution in [0.15, 0.2) is 30.3 Å². The van der Waals surface area contributed by atoms with E-state index in [2.05, 4.69) is 15.1 Å². The zero-order chi connectivity index (χ0) is 17.5. The molecule has 138 valence electrons. The van der Waals surface area contributed by atoms with E-state index in [1.165, 1.54) is 0 Å². The van der Waals surface area contributed by atoms with Gasteiger partial charge in [0.25, 0.3) is 0 Å². The molecule has 2 aliphatic rings. The minimum absolute atomic E-state index is 0.00968. The smallest absolute Gasteiger partial charge is 0.228 e. The molecule has 0 saturated carbocycles. The Bertz CT molecular complexity index is 534. The number of benzene rings is 1. The highest BCUT2D eigenvalue weighted by Crippen LogP contribution is 2.19. The molecule has 0 aliphatic carbocycles. The first-order valence-corrected chi connectivity index (χ1v) is 9.27. The van der Waals surface area contributed by atoms with Crippen molar-refractivity contribution in [3.8, 4) is 0 Å². The second kappa shape index (κ2) is 9.29. The number of β-amino-alcohol motifs (C(OH)–C–C–N with tert-alkyl or cyclic N) is 1. The number of likely N-dealkylation sites (tertiary alicyclic amines) is 1. The number of nitrogens with one attached hydrogen (secondary N) is 1. The minimum atomic E-state index is -0.381. The summed E-state index contributed by atoms with van der Waals surface area (Å²) >= 11 is 0. The van der Waals surface area contributed by atoms with Crippen molar-refractivity contribution in [1.82, 2.24) is 9.80 Å². The normalized spacial score (nSPS) is 24.0. The summed E-state index contributed by atoms with van der Waals surface area (Å²) in [6.45, 7) is 6.26. The molecule has 1 aromatic carbocycles. The fourth-order valence-electron chi connectivity index (χ4n) is 3.64. The van der Waals surface area contributed by atoms with Crippen molar-refractivity contribution in [2.45, 2.75) is 18.9 Å². The number of morpholine rings is 1. The molecule has 3 rings (SSSR count). The average molecular weight is 347 g/mol. The average Bonchev–Trinajstić information content (AvgIpc) is 2.63. The number of aliphatic hydroxyl groups is 1. The third kappa shape index (κ3) is 5.78. The number of rotatable bonds is 6. The Morgan fingerprint density at radius 1 is 1.16 bits per heavy atom. The van der Waals surface area contributed by atoms with Crippen LogP contribution < -0.4 is 5.32 Å². The van der Waals surface area contributed by atoms with Crippen molar-refractivity contribution in [2.24, 2.45) is 5.92 Å². The van der Waals surface area contributed by atoms with Gasteiger partial charge in [0, 0.05) is 38.4 Å². The maximum absolute atomic E-state index is 12.5. The summed E-state index contributed by atoms with van der Waals surface area (Å²) in [5, 5.41) is 13.4. The van der Waals surface area contributed by atoms with Crippen LogP contribution in [0.3, 0.4) is 0 Å². The molecule has 6 heteroatoms. The predicted molar refractivity (Wildman–Crippen MR) is 97.5 cm³/mol. The first-order chi connectivity index (χ1) is 12.2. The Kier molecular flexibility index (Phi) is 6.81. The number of aliphatic hydroxyl groups excluding tert-OH is 1. The van der Waals surface area contributed by atoms with Gasteiger partial charge < -0.3 is 15.2 Å². The molecular weight excluding hydrogens is 318 g/mol. The van der Waals surface area contributed by atoms with Crippen LogP contribution in [-0.4, -0.2) is 79.4 Å². The van der Waals surface area contributed by atoms with Gasteiger partial charge in [-0.25, -0.2) is 0 Å². The van der Waals surface area contributed by atoms with Crippen LogP contribution >= 0.6 is 0 Å². The molecule has 0 aromatic heterocycles. The lowest BCUT2D eigenvalue weighted by Gasteiger charge is -2.35. The number of carbonyl (C=O) groups excluding carboxylic acids is 1. The summed E-state index contributed by atoms with van der Waals surface area (Å²) in [6, 6.07) is 9.60. The van der Waals surface area contributed by atoms with Crippen molar-refractivity contribution >= 4 is 11.6 Å². The lowest BCUT2D eigenvalue weighted by atomic mass is 9.96. The van der Waals surface area contributed by atoms with E-state index in [1.54, 1.807) is 0 Å². The number of ether oxygens (including phenoxy) is 1. The van der Waals surface area contributed by atoms with Crippen LogP contribution in [0, 0.1) is 5.92 Å². The van der Waals surface area contributed by atoms with Crippen LogP contribution in [-0.2, 0) is 9.53 Å². The molecule has 6 nitrogen and oxygen atoms in total. The molecule has 2 heterocycles. The van der Waals surface area contributed by atoms with Gasteiger partial charge in [0.05, 0.1) is 25.2 Å². The summed E-state index contributed by atoms with van der Waals surface area (Å²) in [5.74, 6) is 0.0723. The van der Waals surface area contributed by atoms with Gasteiger partial charge in [-0.05, 0) is 31.5 Å². The van der Waals surface area contributed by atoms with E-state index >= 15 is 0 Å². The van der Waals surface area contributed by atoms with E-state index in [4.69, 9.17) is 4.74 Å². The number of piperidine rings is 1. The number of amides is 1. The number of hydrogen-bond donors (Lipinski definition) is 2. The first-order valence-electron chi connectivity index (χ1n) is 9.27. The lowest BCUT2D eigenvalue weighted by molar-refractivity contribution is -0.121. The molecule has 2 N–H and O–H groups in total. The summed E-state index contributed by atoms with van der Waals surface area (Å²) in [6.07, 6.45) is 1.53. The molecule has 1 aromatic rings. The maximum atomic E-state index is 12.5. The van der Waals surface area contributed by atoms with E-state index in [-0.39, 0.29) is 17.9 Å². The van der Waals surface area contributed by atoms with Crippen LogP contribution in [0.2, 0.25) is 0 Å². The zero-order valence-corrected chi connectivity index (χ0v) is 14.8. The minimum Gasteiger partial charge on any atom is -0.390 e. The predicted octanol–water partition coefficient (Wildman–Crippen LogP) is 1.03. The van der Waals surface area contributed by atoms with Crippen LogP contribution in [0.5, 0.6) is 0 Å². The summed E-state index contributed by atoms with van der Waals surface area (Å²) in [5.41, 5.74) is 0.844. The standard InChI is InChI=1S/C19H29N3O3/c23-18(14-21-9-11-25-12-10-21)15-22-8-4-5-16(13-22)19(24)20-17-6-2-1-3-7-17/h1-3,6-7,16,18,23H,4-5,8-15H2,(H,20,24)/t16-,18-/m1/s1.